The normalized spacial score (nSPS) is 17.6. The second kappa shape index (κ2) is 7.11. The van der Waals surface area contributed by atoms with Gasteiger partial charge in [0.25, 0.3) is 0 Å². The maximum Gasteiger partial charge on any atom is 0.0438 e. The first-order chi connectivity index (χ1) is 10.3. The van der Waals surface area contributed by atoms with Crippen LogP contribution in [0.4, 0.5) is 0 Å². The van der Waals surface area contributed by atoms with Crippen molar-refractivity contribution in [3.63, 3.8) is 0 Å². The standard InChI is InChI=1S/C19H22ClN/c20-18-12-6-5-11-17(18)15-19(16-9-3-1-4-10-16)21-13-7-2-8-14-21/h1,3-6,9-12,19H,2,7-8,13-15H2/t19-/m1/s1. The van der Waals surface area contributed by atoms with E-state index in [1.165, 1.54) is 43.5 Å². The summed E-state index contributed by atoms with van der Waals surface area (Å²) < 4.78 is 0. The van der Waals surface area contributed by atoms with Gasteiger partial charge < -0.3 is 0 Å². The highest BCUT2D eigenvalue weighted by Crippen LogP contribution is 2.30. The van der Waals surface area contributed by atoms with Crippen LogP contribution in [0.3, 0.4) is 0 Å². The molecule has 0 aliphatic carbocycles. The minimum atomic E-state index is 0.436. The summed E-state index contributed by atoms with van der Waals surface area (Å²) in [6, 6.07) is 19.5. The molecule has 0 radical (unpaired) electrons. The summed E-state index contributed by atoms with van der Waals surface area (Å²) >= 11 is 6.38. The molecule has 110 valence electrons. The molecule has 1 nitrogen and oxygen atoms in total. The molecule has 1 saturated heterocycles. The molecule has 0 amide bonds. The molecule has 0 bridgehead atoms. The minimum Gasteiger partial charge on any atom is -0.296 e. The number of halogens is 1. The lowest BCUT2D eigenvalue weighted by Gasteiger charge is -2.35. The van der Waals surface area contributed by atoms with Gasteiger partial charge >= 0.3 is 0 Å². The van der Waals surface area contributed by atoms with Gasteiger partial charge in [-0.2, -0.15) is 0 Å². The molecular formula is C19H22ClN. The summed E-state index contributed by atoms with van der Waals surface area (Å²) in [6.07, 6.45) is 4.98. The summed E-state index contributed by atoms with van der Waals surface area (Å²) in [4.78, 5) is 2.63. The van der Waals surface area contributed by atoms with Gasteiger partial charge in [-0.15, -0.1) is 0 Å². The van der Waals surface area contributed by atoms with E-state index in [0.717, 1.165) is 11.4 Å². The molecule has 2 aromatic carbocycles. The van der Waals surface area contributed by atoms with Crippen LogP contribution in [0.2, 0.25) is 5.02 Å². The molecule has 0 unspecified atom stereocenters. The fourth-order valence-corrected chi connectivity index (χ4v) is 3.45. The largest absolute Gasteiger partial charge is 0.296 e. The lowest BCUT2D eigenvalue weighted by atomic mass is 9.95. The lowest BCUT2D eigenvalue weighted by Crippen LogP contribution is -2.34. The fourth-order valence-electron chi connectivity index (χ4n) is 3.24. The molecule has 0 aromatic heterocycles. The number of likely N-dealkylation sites (tertiary alicyclic amines) is 1. The SMILES string of the molecule is Clc1ccccc1C[C@H](c1ccccc1)N1CCCCC1. The summed E-state index contributed by atoms with van der Waals surface area (Å²) in [6.45, 7) is 2.40. The third-order valence-electron chi connectivity index (χ3n) is 4.39. The molecule has 0 spiro atoms. The molecule has 0 N–H and O–H groups in total. The van der Waals surface area contributed by atoms with Crippen molar-refractivity contribution < 1.29 is 0 Å². The Morgan fingerprint density at radius 1 is 0.857 bits per heavy atom. The Bertz CT molecular complexity index is 561. The Kier molecular flexibility index (Phi) is 4.95. The first-order valence-corrected chi connectivity index (χ1v) is 8.25. The zero-order valence-corrected chi connectivity index (χ0v) is 13.1. The summed E-state index contributed by atoms with van der Waals surface area (Å²) in [7, 11) is 0. The molecule has 1 aliphatic rings. The van der Waals surface area contributed by atoms with Gasteiger partial charge in [0.1, 0.15) is 0 Å². The van der Waals surface area contributed by atoms with Crippen LogP contribution in [0, 0.1) is 0 Å². The summed E-state index contributed by atoms with van der Waals surface area (Å²) in [5, 5.41) is 0.885. The van der Waals surface area contributed by atoms with E-state index in [9.17, 15) is 0 Å². The number of rotatable bonds is 4. The van der Waals surface area contributed by atoms with Crippen molar-refractivity contribution in [2.24, 2.45) is 0 Å². The zero-order chi connectivity index (χ0) is 14.5. The number of piperidine rings is 1. The third-order valence-corrected chi connectivity index (χ3v) is 4.76. The number of hydrogen-bond donors (Lipinski definition) is 0. The van der Waals surface area contributed by atoms with Gasteiger partial charge in [-0.1, -0.05) is 66.6 Å². The van der Waals surface area contributed by atoms with E-state index in [1.807, 2.05) is 12.1 Å². The first kappa shape index (κ1) is 14.6. The average molecular weight is 300 g/mol. The van der Waals surface area contributed by atoms with Gasteiger partial charge in [-0.25, -0.2) is 0 Å². The molecule has 1 fully saturated rings. The highest BCUT2D eigenvalue weighted by atomic mass is 35.5. The number of benzene rings is 2. The molecule has 3 rings (SSSR count). The average Bonchev–Trinajstić information content (AvgIpc) is 2.56. The van der Waals surface area contributed by atoms with E-state index >= 15 is 0 Å². The van der Waals surface area contributed by atoms with Gasteiger partial charge in [-0.3, -0.25) is 4.90 Å². The maximum absolute atomic E-state index is 6.38. The smallest absolute Gasteiger partial charge is 0.0438 e. The van der Waals surface area contributed by atoms with Gasteiger partial charge in [0.2, 0.25) is 0 Å². The fraction of sp³-hybridized carbons (Fsp3) is 0.368. The molecule has 2 aromatic rings. The van der Waals surface area contributed by atoms with Crippen molar-refractivity contribution in [3.05, 3.63) is 70.7 Å². The molecule has 1 heterocycles. The van der Waals surface area contributed by atoms with Crippen molar-refractivity contribution in [1.29, 1.82) is 0 Å². The minimum absolute atomic E-state index is 0.436. The van der Waals surface area contributed by atoms with Gasteiger partial charge in [0, 0.05) is 11.1 Å². The van der Waals surface area contributed by atoms with Gasteiger partial charge in [0.05, 0.1) is 0 Å². The van der Waals surface area contributed by atoms with Crippen LogP contribution in [0.1, 0.15) is 36.4 Å². The Balaban J connectivity index is 1.87. The van der Waals surface area contributed by atoms with Crippen molar-refractivity contribution in [2.45, 2.75) is 31.7 Å². The molecule has 21 heavy (non-hydrogen) atoms. The van der Waals surface area contributed by atoms with Crippen LogP contribution in [-0.4, -0.2) is 18.0 Å². The van der Waals surface area contributed by atoms with Crippen molar-refractivity contribution in [3.8, 4) is 0 Å². The number of nitrogens with zero attached hydrogens (tertiary/aromatic N) is 1. The predicted molar refractivity (Wildman–Crippen MR) is 89.8 cm³/mol. The Hall–Kier alpha value is -1.31. The third kappa shape index (κ3) is 3.66. The van der Waals surface area contributed by atoms with Crippen LogP contribution in [0.5, 0.6) is 0 Å². The van der Waals surface area contributed by atoms with E-state index in [-0.39, 0.29) is 0 Å². The second-order valence-electron chi connectivity index (χ2n) is 5.82. The first-order valence-electron chi connectivity index (χ1n) is 7.87. The Labute approximate surface area is 132 Å². The number of hydrogen-bond acceptors (Lipinski definition) is 1. The predicted octanol–water partition coefficient (Wildman–Crippen LogP) is 5.11. The highest BCUT2D eigenvalue weighted by Gasteiger charge is 2.23. The second-order valence-corrected chi connectivity index (χ2v) is 6.23. The Morgan fingerprint density at radius 3 is 2.24 bits per heavy atom. The van der Waals surface area contributed by atoms with Crippen LogP contribution in [0.15, 0.2) is 54.6 Å². The molecule has 1 aliphatic heterocycles. The molecule has 2 heteroatoms. The zero-order valence-electron chi connectivity index (χ0n) is 12.3. The van der Waals surface area contributed by atoms with Crippen LogP contribution < -0.4 is 0 Å². The highest BCUT2D eigenvalue weighted by molar-refractivity contribution is 6.31. The van der Waals surface area contributed by atoms with E-state index in [1.54, 1.807) is 0 Å². The van der Waals surface area contributed by atoms with E-state index < -0.39 is 0 Å². The summed E-state index contributed by atoms with van der Waals surface area (Å²) in [5.41, 5.74) is 2.65. The molecular weight excluding hydrogens is 278 g/mol. The maximum atomic E-state index is 6.38. The van der Waals surface area contributed by atoms with Gasteiger partial charge in [0.15, 0.2) is 0 Å². The van der Waals surface area contributed by atoms with E-state index in [2.05, 4.69) is 47.4 Å². The molecule has 1 atom stereocenters. The monoisotopic (exact) mass is 299 g/mol. The van der Waals surface area contributed by atoms with Crippen molar-refractivity contribution in [2.75, 3.05) is 13.1 Å². The lowest BCUT2D eigenvalue weighted by molar-refractivity contribution is 0.162. The van der Waals surface area contributed by atoms with Crippen LogP contribution >= 0.6 is 11.6 Å². The topological polar surface area (TPSA) is 3.24 Å². The van der Waals surface area contributed by atoms with Gasteiger partial charge in [-0.05, 0) is 49.5 Å². The quantitative estimate of drug-likeness (QED) is 0.758. The van der Waals surface area contributed by atoms with Crippen molar-refractivity contribution >= 4 is 11.6 Å². The molecule has 0 saturated carbocycles. The van der Waals surface area contributed by atoms with Crippen LogP contribution in [-0.2, 0) is 6.42 Å². The Morgan fingerprint density at radius 2 is 1.52 bits per heavy atom. The van der Waals surface area contributed by atoms with Crippen molar-refractivity contribution in [1.82, 2.24) is 4.90 Å². The van der Waals surface area contributed by atoms with E-state index in [4.69, 9.17) is 11.6 Å². The summed E-state index contributed by atoms with van der Waals surface area (Å²) in [5.74, 6) is 0. The van der Waals surface area contributed by atoms with E-state index in [0.29, 0.717) is 6.04 Å². The van der Waals surface area contributed by atoms with Crippen LogP contribution in [0.25, 0.3) is 0 Å².